The van der Waals surface area contributed by atoms with Crippen molar-refractivity contribution in [2.45, 2.75) is 105 Å². The largest absolute Gasteiger partial charge is 0.657 e. The normalized spacial score (nSPS) is 13.3. The maximum absolute atomic E-state index is 5.39. The Morgan fingerprint density at radius 2 is 0.943 bits per heavy atom. The van der Waals surface area contributed by atoms with E-state index in [1.54, 1.807) is 0 Å². The molecule has 1 aromatic heterocycles. The van der Waals surface area contributed by atoms with Gasteiger partial charge in [-0.2, -0.15) is 5.10 Å². The number of rotatable bonds is 7. The Balaban J connectivity index is 0.000000321. The zero-order valence-corrected chi connectivity index (χ0v) is 35.5. The van der Waals surface area contributed by atoms with Crippen molar-refractivity contribution in [3.63, 3.8) is 0 Å². The molecule has 0 spiro atoms. The van der Waals surface area contributed by atoms with Gasteiger partial charge in [-0.25, -0.2) is 0 Å². The minimum atomic E-state index is 0. The van der Waals surface area contributed by atoms with Crippen LogP contribution in [-0.4, -0.2) is 5.84 Å². The Kier molecular flexibility index (Phi) is 12.5. The van der Waals surface area contributed by atoms with Crippen LogP contribution in [0.4, 0.5) is 11.4 Å². The predicted molar refractivity (Wildman–Crippen MR) is 225 cm³/mol. The van der Waals surface area contributed by atoms with Gasteiger partial charge in [0.15, 0.2) is 0 Å². The van der Waals surface area contributed by atoms with Gasteiger partial charge in [0.1, 0.15) is 5.84 Å². The van der Waals surface area contributed by atoms with Crippen molar-refractivity contribution in [3.05, 3.63) is 149 Å². The van der Waals surface area contributed by atoms with E-state index in [2.05, 4.69) is 195 Å². The van der Waals surface area contributed by atoms with E-state index < -0.39 is 0 Å². The fourth-order valence-corrected chi connectivity index (χ4v) is 7.22. The van der Waals surface area contributed by atoms with Crippen LogP contribution in [0.3, 0.4) is 0 Å². The zero-order chi connectivity index (χ0) is 37.3. The maximum atomic E-state index is 5.39. The van der Waals surface area contributed by atoms with Crippen molar-refractivity contribution in [2.24, 2.45) is 5.10 Å². The summed E-state index contributed by atoms with van der Waals surface area (Å²) < 4.78 is 0. The Bertz CT molecular complexity index is 2080. The maximum Gasteiger partial charge on any atom is 0.129 e. The average molecular weight is 886 g/mol. The third-order valence-corrected chi connectivity index (χ3v) is 10.2. The topological polar surface area (TPSA) is 32.9 Å². The smallest absolute Gasteiger partial charge is 0.129 e. The van der Waals surface area contributed by atoms with Crippen LogP contribution in [0.1, 0.15) is 133 Å². The summed E-state index contributed by atoms with van der Waals surface area (Å²) in [5.41, 5.74) is 12.5. The molecule has 281 valence electrons. The van der Waals surface area contributed by atoms with Crippen molar-refractivity contribution in [1.29, 1.82) is 0 Å². The second-order valence-electron chi connectivity index (χ2n) is 16.4. The molecule has 0 N–H and O–H groups in total. The number of hydrazone groups is 1. The number of nitrogens with zero attached hydrogens (tertiary/aromatic N) is 4. The van der Waals surface area contributed by atoms with Crippen molar-refractivity contribution in [1.82, 2.24) is 4.98 Å². The van der Waals surface area contributed by atoms with Crippen molar-refractivity contribution in [3.8, 4) is 0 Å². The summed E-state index contributed by atoms with van der Waals surface area (Å²) >= 11 is 0. The van der Waals surface area contributed by atoms with Crippen LogP contribution in [0.5, 0.6) is 0 Å². The first-order valence-electron chi connectivity index (χ1n) is 19.0. The van der Waals surface area contributed by atoms with E-state index in [0.717, 1.165) is 22.4 Å². The Morgan fingerprint density at radius 3 is 1.36 bits per heavy atom. The van der Waals surface area contributed by atoms with E-state index in [4.69, 9.17) is 5.10 Å². The van der Waals surface area contributed by atoms with Gasteiger partial charge in [0, 0.05) is 39.3 Å². The molecule has 1 radical (unpaired) electrons. The summed E-state index contributed by atoms with van der Waals surface area (Å²) in [6.45, 7) is 27.3. The molecular weight excluding hydrogens is 830 g/mol. The minimum Gasteiger partial charge on any atom is -0.657 e. The van der Waals surface area contributed by atoms with E-state index in [1.165, 1.54) is 50.0 Å². The second-order valence-corrected chi connectivity index (χ2v) is 16.4. The number of benzene rings is 5. The van der Waals surface area contributed by atoms with Gasteiger partial charge in [0.2, 0.25) is 0 Å². The van der Waals surface area contributed by atoms with Crippen LogP contribution < -0.4 is 14.9 Å². The van der Waals surface area contributed by atoms with Gasteiger partial charge < -0.3 is 14.9 Å². The van der Waals surface area contributed by atoms with Gasteiger partial charge >= 0.3 is 0 Å². The molecule has 53 heavy (non-hydrogen) atoms. The molecule has 0 amide bonds. The van der Waals surface area contributed by atoms with Crippen LogP contribution in [-0.2, 0) is 27.8 Å². The summed E-state index contributed by atoms with van der Waals surface area (Å²) in [7, 11) is 0. The van der Waals surface area contributed by atoms with E-state index in [-0.39, 0.29) is 27.8 Å². The summed E-state index contributed by atoms with van der Waals surface area (Å²) in [6, 6.07) is 39.0. The summed E-state index contributed by atoms with van der Waals surface area (Å²) in [4.78, 5) is 6.87. The standard InChI is InChI=1S/C36H48N3.C12H8N.Au/c1-23(2)29-14-12-15-30(24(3)4)33(29)38-22-39(34-31(25(5)6)16-13-17-32(34)26(7)8)37-35(38)27-18-20-28(21-19-27)36(9,10)11;1-3-7-11-9(5-1)10-6-2-4-8-12(10)13-11;/h12-26H,1-11H3;1-8H;/q2*-1;. The number of anilines is 2. The molecule has 0 atom stereocenters. The molecule has 2 heterocycles. The molecule has 5 heteroatoms. The molecule has 0 unspecified atom stereocenters. The predicted octanol–water partition coefficient (Wildman–Crippen LogP) is 13.2. The number of aromatic nitrogens is 1. The van der Waals surface area contributed by atoms with Crippen LogP contribution in [0.15, 0.2) is 114 Å². The third-order valence-electron chi connectivity index (χ3n) is 10.2. The quantitative estimate of drug-likeness (QED) is 0.118. The molecule has 1 aliphatic heterocycles. The van der Waals surface area contributed by atoms with Crippen LogP contribution in [0.25, 0.3) is 21.8 Å². The van der Waals surface area contributed by atoms with Gasteiger partial charge in [-0.3, -0.25) is 0 Å². The molecule has 1 aliphatic rings. The Hall–Kier alpha value is -4.09. The van der Waals surface area contributed by atoms with Crippen molar-refractivity contribution in [2.75, 3.05) is 9.91 Å². The molecular formula is C48H56AuN4-2. The van der Waals surface area contributed by atoms with Crippen molar-refractivity contribution < 1.29 is 22.4 Å². The summed E-state index contributed by atoms with van der Waals surface area (Å²) in [6.07, 6.45) is 0. The average Bonchev–Trinajstić information content (AvgIpc) is 3.73. The van der Waals surface area contributed by atoms with Crippen molar-refractivity contribution >= 4 is 39.0 Å². The van der Waals surface area contributed by atoms with E-state index in [9.17, 15) is 0 Å². The van der Waals surface area contributed by atoms with E-state index >= 15 is 0 Å². The SMILES string of the molecule is CC(C)c1cccc(C(C)C)c1N1[CH-]N(c2c(C(C)C)cccc2C(C)C)C(c2ccc(C(C)(C)C)cc2)=N1.[Au].c1ccc2c(c1)[n-]c1ccccc12. The summed E-state index contributed by atoms with van der Waals surface area (Å²) in [5, 5.41) is 10.0. The first-order valence-corrected chi connectivity index (χ1v) is 19.0. The van der Waals surface area contributed by atoms with Gasteiger partial charge in [0.05, 0.1) is 0 Å². The molecule has 0 bridgehead atoms. The van der Waals surface area contributed by atoms with Crippen LogP contribution in [0.2, 0.25) is 0 Å². The number of fused-ring (bicyclic) bond motifs is 3. The van der Waals surface area contributed by atoms with Gasteiger partial charge in [-0.05, 0) is 67.7 Å². The van der Waals surface area contributed by atoms with Crippen LogP contribution in [0, 0.1) is 6.67 Å². The van der Waals surface area contributed by atoms with Gasteiger partial charge in [-0.1, -0.05) is 185 Å². The molecule has 4 nitrogen and oxygen atoms in total. The van der Waals surface area contributed by atoms with E-state index in [0.29, 0.717) is 23.7 Å². The minimum absolute atomic E-state index is 0. The van der Waals surface area contributed by atoms with Crippen LogP contribution >= 0.6 is 0 Å². The van der Waals surface area contributed by atoms with E-state index in [1.807, 2.05) is 12.1 Å². The second kappa shape index (κ2) is 16.5. The third kappa shape index (κ3) is 8.36. The molecule has 7 rings (SSSR count). The molecule has 0 saturated carbocycles. The fraction of sp³-hybridized carbons (Fsp3) is 0.333. The molecule has 5 aromatic carbocycles. The summed E-state index contributed by atoms with van der Waals surface area (Å²) in [5.74, 6) is 2.53. The first kappa shape index (κ1) is 40.1. The Labute approximate surface area is 334 Å². The number of hydrogen-bond acceptors (Lipinski definition) is 3. The molecule has 0 fully saturated rings. The number of amidine groups is 1. The first-order chi connectivity index (χ1) is 24.8. The molecule has 0 aliphatic carbocycles. The fourth-order valence-electron chi connectivity index (χ4n) is 7.22. The molecule has 0 saturated heterocycles. The Morgan fingerprint density at radius 1 is 0.528 bits per heavy atom. The zero-order valence-electron chi connectivity index (χ0n) is 33.4. The number of para-hydroxylation sites is 4. The molecule has 6 aromatic rings. The van der Waals surface area contributed by atoms with Gasteiger partial charge in [0.25, 0.3) is 0 Å². The monoisotopic (exact) mass is 885 g/mol. The van der Waals surface area contributed by atoms with Gasteiger partial charge in [-0.15, -0.1) is 17.7 Å². The number of hydrogen-bond donors (Lipinski definition) is 0.